The molecule has 0 unspecified atom stereocenters. The van der Waals surface area contributed by atoms with Gasteiger partial charge >= 0.3 is 5.97 Å². The Hall–Kier alpha value is -0.650. The quantitative estimate of drug-likeness (QED) is 0.101. The molecule has 0 amide bonds. The van der Waals surface area contributed by atoms with Crippen LogP contribution >= 0.6 is 0 Å². The molecule has 0 aromatic heterocycles. The number of carbonyl (C=O) groups excluding carboxylic acids is 1. The Balaban J connectivity index is 1.60. The Labute approximate surface area is 241 Å². The minimum atomic E-state index is -0.382. The summed E-state index contributed by atoms with van der Waals surface area (Å²) in [5.41, 5.74) is -0.0167. The van der Waals surface area contributed by atoms with E-state index < -0.39 is 0 Å². The van der Waals surface area contributed by atoms with Crippen LogP contribution in [0.4, 0.5) is 0 Å². The zero-order valence-electron chi connectivity index (χ0n) is 26.3. The number of rotatable bonds is 23. The number of hydrogen-bond donors (Lipinski definition) is 1. The Bertz CT molecular complexity index is 627. The van der Waals surface area contributed by atoms with Crippen molar-refractivity contribution < 1.29 is 24.1 Å². The highest BCUT2D eigenvalue weighted by Crippen LogP contribution is 2.50. The van der Waals surface area contributed by atoms with Gasteiger partial charge < -0.3 is 19.3 Å². The van der Waals surface area contributed by atoms with Gasteiger partial charge in [-0.25, -0.2) is 0 Å². The lowest BCUT2D eigenvalue weighted by molar-refractivity contribution is -0.188. The number of hydrogen-bond acceptors (Lipinski definition) is 5. The fraction of sp³-hybridized carbons (Fsp3) is 0.971. The number of unbranched alkanes of at least 4 members (excludes halogenated alkanes) is 11. The van der Waals surface area contributed by atoms with Crippen LogP contribution in [0.3, 0.4) is 0 Å². The topological polar surface area (TPSA) is 65.0 Å². The second kappa shape index (κ2) is 19.5. The fourth-order valence-corrected chi connectivity index (χ4v) is 6.81. The highest BCUT2D eigenvalue weighted by atomic mass is 16.7. The van der Waals surface area contributed by atoms with Gasteiger partial charge in [-0.05, 0) is 56.3 Å². The SMILES string of the molecule is CCCCCCCCCCOC(=O)CCCCCC[C@@H]1[C@@H](CC[C@H](O)C(C)(C)CCCC)CCC12OCCO2. The molecule has 1 aliphatic heterocycles. The lowest BCUT2D eigenvalue weighted by Gasteiger charge is -2.34. The molecule has 3 atom stereocenters. The molecule has 2 fully saturated rings. The van der Waals surface area contributed by atoms with Crippen LogP contribution in [-0.2, 0) is 19.0 Å². The van der Waals surface area contributed by atoms with Crippen molar-refractivity contribution in [2.24, 2.45) is 17.3 Å². The Morgan fingerprint density at radius 2 is 1.49 bits per heavy atom. The van der Waals surface area contributed by atoms with E-state index in [9.17, 15) is 9.90 Å². The number of aliphatic hydroxyl groups excluding tert-OH is 1. The van der Waals surface area contributed by atoms with Crippen molar-refractivity contribution in [2.45, 2.75) is 174 Å². The van der Waals surface area contributed by atoms with E-state index >= 15 is 0 Å². The molecule has 1 saturated heterocycles. The molecule has 1 spiro atoms. The van der Waals surface area contributed by atoms with Crippen LogP contribution in [0.2, 0.25) is 0 Å². The molecule has 230 valence electrons. The second-order valence-electron chi connectivity index (χ2n) is 13.2. The van der Waals surface area contributed by atoms with Crippen molar-refractivity contribution in [2.75, 3.05) is 19.8 Å². The fourth-order valence-electron chi connectivity index (χ4n) is 6.81. The maximum Gasteiger partial charge on any atom is 0.305 e. The Morgan fingerprint density at radius 3 is 2.18 bits per heavy atom. The van der Waals surface area contributed by atoms with Gasteiger partial charge in [-0.15, -0.1) is 0 Å². The summed E-state index contributed by atoms with van der Waals surface area (Å²) in [6.45, 7) is 10.9. The largest absolute Gasteiger partial charge is 0.466 e. The third-order valence-electron chi connectivity index (χ3n) is 9.57. The van der Waals surface area contributed by atoms with Gasteiger partial charge in [0.05, 0.1) is 25.9 Å². The molecule has 2 aliphatic rings. The average Bonchev–Trinajstić information content (AvgIpc) is 3.54. The van der Waals surface area contributed by atoms with Crippen molar-refractivity contribution in [1.29, 1.82) is 0 Å². The Morgan fingerprint density at radius 1 is 0.872 bits per heavy atom. The summed E-state index contributed by atoms with van der Waals surface area (Å²) < 4.78 is 17.9. The molecule has 1 heterocycles. The van der Waals surface area contributed by atoms with Gasteiger partial charge in [0.15, 0.2) is 5.79 Å². The van der Waals surface area contributed by atoms with Crippen molar-refractivity contribution >= 4 is 5.97 Å². The first-order chi connectivity index (χ1) is 18.8. The van der Waals surface area contributed by atoms with Gasteiger partial charge in [-0.3, -0.25) is 4.79 Å². The van der Waals surface area contributed by atoms with Gasteiger partial charge in [-0.2, -0.15) is 0 Å². The molecular weight excluding hydrogens is 488 g/mol. The maximum absolute atomic E-state index is 12.1. The number of ether oxygens (including phenoxy) is 3. The molecule has 0 bridgehead atoms. The summed E-state index contributed by atoms with van der Waals surface area (Å²) in [6.07, 6.45) is 23.3. The number of aliphatic hydroxyl groups is 1. The summed E-state index contributed by atoms with van der Waals surface area (Å²) in [4.78, 5) is 12.1. The second-order valence-corrected chi connectivity index (χ2v) is 13.2. The van der Waals surface area contributed by atoms with Crippen LogP contribution < -0.4 is 0 Å². The minimum Gasteiger partial charge on any atom is -0.466 e. The molecule has 0 radical (unpaired) electrons. The lowest BCUT2D eigenvalue weighted by atomic mass is 9.77. The van der Waals surface area contributed by atoms with Gasteiger partial charge in [0.25, 0.3) is 0 Å². The highest BCUT2D eigenvalue weighted by molar-refractivity contribution is 5.69. The van der Waals surface area contributed by atoms with E-state index in [4.69, 9.17) is 14.2 Å². The zero-order chi connectivity index (χ0) is 28.4. The smallest absolute Gasteiger partial charge is 0.305 e. The molecule has 0 aromatic carbocycles. The van der Waals surface area contributed by atoms with E-state index in [0.717, 1.165) is 70.6 Å². The van der Waals surface area contributed by atoms with Gasteiger partial charge in [0, 0.05) is 18.8 Å². The molecule has 1 saturated carbocycles. The number of esters is 1. The van der Waals surface area contributed by atoms with E-state index in [1.807, 2.05) is 0 Å². The van der Waals surface area contributed by atoms with E-state index in [2.05, 4.69) is 27.7 Å². The standard InChI is InChI=1S/C34H64O5/c1-5-7-9-10-11-12-15-18-26-37-32(36)20-17-14-13-16-19-30-29(23-25-34(30)38-27-28-39-34)21-22-31(35)33(3,4)24-8-6-2/h29-31,35H,5-28H2,1-4H3/t29-,30+,31-/m0/s1. The molecule has 2 rings (SSSR count). The summed E-state index contributed by atoms with van der Waals surface area (Å²) >= 11 is 0. The van der Waals surface area contributed by atoms with Crippen molar-refractivity contribution in [1.82, 2.24) is 0 Å². The molecule has 5 heteroatoms. The predicted octanol–water partition coefficient (Wildman–Crippen LogP) is 9.14. The van der Waals surface area contributed by atoms with Crippen molar-refractivity contribution in [3.05, 3.63) is 0 Å². The monoisotopic (exact) mass is 552 g/mol. The molecule has 1 N–H and O–H groups in total. The molecule has 5 nitrogen and oxygen atoms in total. The van der Waals surface area contributed by atoms with Gasteiger partial charge in [0.2, 0.25) is 0 Å². The van der Waals surface area contributed by atoms with Crippen molar-refractivity contribution in [3.63, 3.8) is 0 Å². The average molecular weight is 553 g/mol. The van der Waals surface area contributed by atoms with Crippen LogP contribution in [0.5, 0.6) is 0 Å². The first-order valence-corrected chi connectivity index (χ1v) is 17.0. The first kappa shape index (κ1) is 34.6. The van der Waals surface area contributed by atoms with E-state index in [0.29, 0.717) is 38.1 Å². The molecule has 1 aliphatic carbocycles. The van der Waals surface area contributed by atoms with Gasteiger partial charge in [0.1, 0.15) is 0 Å². The summed E-state index contributed by atoms with van der Waals surface area (Å²) in [6, 6.07) is 0. The van der Waals surface area contributed by atoms with Crippen molar-refractivity contribution in [3.8, 4) is 0 Å². The molecular formula is C34H64O5. The lowest BCUT2D eigenvalue weighted by Crippen LogP contribution is -2.37. The minimum absolute atomic E-state index is 0.0167. The van der Waals surface area contributed by atoms with Crippen LogP contribution in [0.1, 0.15) is 163 Å². The van der Waals surface area contributed by atoms with E-state index in [-0.39, 0.29) is 23.3 Å². The highest BCUT2D eigenvalue weighted by Gasteiger charge is 2.52. The summed E-state index contributed by atoms with van der Waals surface area (Å²) in [5.74, 6) is 0.571. The first-order valence-electron chi connectivity index (χ1n) is 17.0. The third kappa shape index (κ3) is 12.8. The maximum atomic E-state index is 12.1. The third-order valence-corrected chi connectivity index (χ3v) is 9.57. The molecule has 39 heavy (non-hydrogen) atoms. The van der Waals surface area contributed by atoms with Gasteiger partial charge in [-0.1, -0.05) is 105 Å². The van der Waals surface area contributed by atoms with E-state index in [1.165, 1.54) is 57.8 Å². The predicted molar refractivity (Wildman–Crippen MR) is 161 cm³/mol. The van der Waals surface area contributed by atoms with Crippen LogP contribution in [0.25, 0.3) is 0 Å². The summed E-state index contributed by atoms with van der Waals surface area (Å²) in [5, 5.41) is 11.0. The Kier molecular flexibility index (Phi) is 17.2. The van der Waals surface area contributed by atoms with Crippen LogP contribution in [0.15, 0.2) is 0 Å². The normalized spacial score (nSPS) is 21.6. The summed E-state index contributed by atoms with van der Waals surface area (Å²) in [7, 11) is 0. The van der Waals surface area contributed by atoms with E-state index in [1.54, 1.807) is 0 Å². The number of carbonyl (C=O) groups is 1. The van der Waals surface area contributed by atoms with Crippen LogP contribution in [0, 0.1) is 17.3 Å². The molecule has 0 aromatic rings. The zero-order valence-corrected chi connectivity index (χ0v) is 26.3. The van der Waals surface area contributed by atoms with Crippen LogP contribution in [-0.4, -0.2) is 42.8 Å².